The normalized spacial score (nSPS) is 14.4. The number of tetrazole rings is 1. The van der Waals surface area contributed by atoms with E-state index >= 15 is 0 Å². The first-order chi connectivity index (χ1) is 6.42. The first-order valence-corrected chi connectivity index (χ1v) is 4.58. The molecule has 0 spiro atoms. The van der Waals surface area contributed by atoms with Gasteiger partial charge in [0, 0.05) is 5.54 Å². The van der Waals surface area contributed by atoms with Crippen molar-refractivity contribution in [3.8, 4) is 0 Å². The number of hydrogen-bond donors (Lipinski definition) is 2. The molecule has 80 valence electrons. The Hall–Kier alpha value is -1.01. The van der Waals surface area contributed by atoms with Crippen LogP contribution in [0.25, 0.3) is 0 Å². The van der Waals surface area contributed by atoms with E-state index in [1.807, 2.05) is 13.8 Å². The number of nitrogens with zero attached hydrogens (tertiary/aromatic N) is 4. The summed E-state index contributed by atoms with van der Waals surface area (Å²) in [6.45, 7) is 6.10. The maximum Gasteiger partial charge on any atom is 0.188 e. The Morgan fingerprint density at radius 2 is 2.21 bits per heavy atom. The Labute approximate surface area is 83.3 Å². The number of aliphatic hydroxyl groups is 1. The summed E-state index contributed by atoms with van der Waals surface area (Å²) < 4.78 is 0. The van der Waals surface area contributed by atoms with Gasteiger partial charge in [-0.1, -0.05) is 0 Å². The zero-order valence-corrected chi connectivity index (χ0v) is 9.02. The standard InChI is InChI=1S/C8H17N5O/c1-6(14)8(2,3)9-5-7-10-12-13(4)11-7/h6,9,14H,5H2,1-4H3. The highest BCUT2D eigenvalue weighted by molar-refractivity contribution is 4.86. The Kier molecular flexibility index (Phi) is 3.17. The molecule has 1 aromatic rings. The van der Waals surface area contributed by atoms with Crippen molar-refractivity contribution in [3.63, 3.8) is 0 Å². The fraction of sp³-hybridized carbons (Fsp3) is 0.875. The van der Waals surface area contributed by atoms with Gasteiger partial charge in [0.25, 0.3) is 0 Å². The molecule has 0 amide bonds. The molecule has 1 atom stereocenters. The van der Waals surface area contributed by atoms with Gasteiger partial charge in [-0.15, -0.1) is 10.2 Å². The monoisotopic (exact) mass is 199 g/mol. The molecule has 1 aromatic heterocycles. The van der Waals surface area contributed by atoms with Crippen molar-refractivity contribution < 1.29 is 5.11 Å². The van der Waals surface area contributed by atoms with E-state index in [4.69, 9.17) is 0 Å². The van der Waals surface area contributed by atoms with E-state index in [1.54, 1.807) is 14.0 Å². The van der Waals surface area contributed by atoms with Crippen LogP contribution in [0.15, 0.2) is 0 Å². The van der Waals surface area contributed by atoms with Gasteiger partial charge >= 0.3 is 0 Å². The maximum absolute atomic E-state index is 9.44. The largest absolute Gasteiger partial charge is 0.392 e. The predicted molar refractivity (Wildman–Crippen MR) is 51.4 cm³/mol. The fourth-order valence-electron chi connectivity index (χ4n) is 0.849. The second-order valence-electron chi connectivity index (χ2n) is 3.95. The third-order valence-corrected chi connectivity index (χ3v) is 2.30. The number of rotatable bonds is 4. The number of hydrogen-bond acceptors (Lipinski definition) is 5. The molecule has 6 nitrogen and oxygen atoms in total. The van der Waals surface area contributed by atoms with Crippen molar-refractivity contribution in [3.05, 3.63) is 5.82 Å². The van der Waals surface area contributed by atoms with Gasteiger partial charge in [-0.2, -0.15) is 4.80 Å². The van der Waals surface area contributed by atoms with Gasteiger partial charge < -0.3 is 10.4 Å². The van der Waals surface area contributed by atoms with Crippen molar-refractivity contribution in [2.24, 2.45) is 7.05 Å². The molecule has 2 N–H and O–H groups in total. The van der Waals surface area contributed by atoms with Gasteiger partial charge in [0.1, 0.15) is 0 Å². The number of nitrogens with one attached hydrogen (secondary N) is 1. The minimum Gasteiger partial charge on any atom is -0.392 e. The lowest BCUT2D eigenvalue weighted by Crippen LogP contribution is -2.47. The molecule has 0 aliphatic carbocycles. The molecule has 1 heterocycles. The lowest BCUT2D eigenvalue weighted by molar-refractivity contribution is 0.0951. The SMILES string of the molecule is CC(O)C(C)(C)NCc1nnn(C)n1. The fourth-order valence-corrected chi connectivity index (χ4v) is 0.849. The summed E-state index contributed by atoms with van der Waals surface area (Å²) >= 11 is 0. The highest BCUT2D eigenvalue weighted by Crippen LogP contribution is 2.08. The third-order valence-electron chi connectivity index (χ3n) is 2.30. The van der Waals surface area contributed by atoms with Crippen molar-refractivity contribution >= 4 is 0 Å². The highest BCUT2D eigenvalue weighted by Gasteiger charge is 2.23. The van der Waals surface area contributed by atoms with Crippen LogP contribution in [-0.4, -0.2) is 37.0 Å². The molecular formula is C8H17N5O. The molecule has 1 unspecified atom stereocenters. The van der Waals surface area contributed by atoms with Crippen molar-refractivity contribution in [1.29, 1.82) is 0 Å². The predicted octanol–water partition coefficient (Wildman–Crippen LogP) is -0.541. The van der Waals surface area contributed by atoms with Crippen LogP contribution in [0.1, 0.15) is 26.6 Å². The van der Waals surface area contributed by atoms with Crippen molar-refractivity contribution in [1.82, 2.24) is 25.5 Å². The first kappa shape index (κ1) is 11.1. The van der Waals surface area contributed by atoms with E-state index < -0.39 is 6.10 Å². The molecule has 0 radical (unpaired) electrons. The second kappa shape index (κ2) is 4.02. The van der Waals surface area contributed by atoms with E-state index in [1.165, 1.54) is 4.80 Å². The van der Waals surface area contributed by atoms with E-state index in [2.05, 4.69) is 20.7 Å². The summed E-state index contributed by atoms with van der Waals surface area (Å²) in [4.78, 5) is 1.41. The van der Waals surface area contributed by atoms with E-state index in [9.17, 15) is 5.11 Å². The highest BCUT2D eigenvalue weighted by atomic mass is 16.3. The quantitative estimate of drug-likeness (QED) is 0.681. The van der Waals surface area contributed by atoms with E-state index in [0.29, 0.717) is 12.4 Å². The van der Waals surface area contributed by atoms with Crippen LogP contribution in [0.5, 0.6) is 0 Å². The molecule has 14 heavy (non-hydrogen) atoms. The van der Waals surface area contributed by atoms with Gasteiger partial charge in [0.15, 0.2) is 5.82 Å². The zero-order valence-electron chi connectivity index (χ0n) is 9.02. The average molecular weight is 199 g/mol. The van der Waals surface area contributed by atoms with Gasteiger partial charge in [0.05, 0.1) is 19.7 Å². The summed E-state index contributed by atoms with van der Waals surface area (Å²) in [5.41, 5.74) is -0.348. The first-order valence-electron chi connectivity index (χ1n) is 4.58. The summed E-state index contributed by atoms with van der Waals surface area (Å²) in [6, 6.07) is 0. The molecule has 0 saturated heterocycles. The zero-order chi connectivity index (χ0) is 10.8. The lowest BCUT2D eigenvalue weighted by Gasteiger charge is -2.28. The molecule has 0 saturated carbocycles. The van der Waals surface area contributed by atoms with Crippen molar-refractivity contribution in [2.75, 3.05) is 0 Å². The smallest absolute Gasteiger partial charge is 0.188 e. The summed E-state index contributed by atoms with van der Waals surface area (Å²) in [6.07, 6.45) is -0.431. The van der Waals surface area contributed by atoms with Crippen LogP contribution >= 0.6 is 0 Å². The molecular weight excluding hydrogens is 182 g/mol. The Morgan fingerprint density at radius 1 is 1.57 bits per heavy atom. The molecule has 0 bridgehead atoms. The van der Waals surface area contributed by atoms with E-state index in [-0.39, 0.29) is 5.54 Å². The van der Waals surface area contributed by atoms with Crippen LogP contribution < -0.4 is 5.32 Å². The van der Waals surface area contributed by atoms with Crippen molar-refractivity contribution in [2.45, 2.75) is 39.0 Å². The molecule has 0 aliphatic rings. The van der Waals surface area contributed by atoms with Gasteiger partial charge in [-0.3, -0.25) is 0 Å². The Balaban J connectivity index is 2.48. The van der Waals surface area contributed by atoms with Crippen LogP contribution in [0, 0.1) is 0 Å². The molecule has 6 heteroatoms. The maximum atomic E-state index is 9.44. The summed E-state index contributed by atoms with van der Waals surface area (Å²) in [5.74, 6) is 0.626. The summed E-state index contributed by atoms with van der Waals surface area (Å²) in [5, 5.41) is 24.2. The van der Waals surface area contributed by atoms with E-state index in [0.717, 1.165) is 0 Å². The Morgan fingerprint density at radius 3 is 2.64 bits per heavy atom. The lowest BCUT2D eigenvalue weighted by atomic mass is 9.99. The molecule has 0 aliphatic heterocycles. The second-order valence-corrected chi connectivity index (χ2v) is 3.95. The van der Waals surface area contributed by atoms with Gasteiger partial charge in [-0.05, 0) is 26.0 Å². The average Bonchev–Trinajstić information content (AvgIpc) is 2.48. The number of aromatic nitrogens is 4. The minimum atomic E-state index is -0.431. The Bertz CT molecular complexity index is 294. The topological polar surface area (TPSA) is 75.9 Å². The van der Waals surface area contributed by atoms with Crippen LogP contribution in [0.3, 0.4) is 0 Å². The minimum absolute atomic E-state index is 0.348. The number of aliphatic hydroxyl groups excluding tert-OH is 1. The molecule has 0 fully saturated rings. The van der Waals surface area contributed by atoms with Gasteiger partial charge in [-0.25, -0.2) is 0 Å². The van der Waals surface area contributed by atoms with Gasteiger partial charge in [0.2, 0.25) is 0 Å². The van der Waals surface area contributed by atoms with Crippen LogP contribution in [-0.2, 0) is 13.6 Å². The molecule has 1 rings (SSSR count). The third kappa shape index (κ3) is 2.74. The van der Waals surface area contributed by atoms with Crippen LogP contribution in [0.4, 0.5) is 0 Å². The van der Waals surface area contributed by atoms with Crippen LogP contribution in [0.2, 0.25) is 0 Å². The number of aryl methyl sites for hydroxylation is 1. The molecule has 0 aromatic carbocycles. The summed E-state index contributed by atoms with van der Waals surface area (Å²) in [7, 11) is 1.72.